The summed E-state index contributed by atoms with van der Waals surface area (Å²) in [6, 6.07) is 5.11. The molecule has 1 aliphatic heterocycles. The van der Waals surface area contributed by atoms with Crippen LogP contribution >= 0.6 is 0 Å². The molecule has 5 nitrogen and oxygen atoms in total. The Hall–Kier alpha value is -1.75. The van der Waals surface area contributed by atoms with Crippen LogP contribution in [0.2, 0.25) is 0 Å². The standard InChI is InChI=1S/C14H20N2O3/c1-9(17)11-5-4-10(8-12(11)18)16-7-6-15-13(19)14(16,2)3/h4-5,8-9,17-18H,6-7H2,1-3H3,(H,15,19). The second kappa shape index (κ2) is 4.74. The largest absolute Gasteiger partial charge is 0.507 e. The molecule has 0 bridgehead atoms. The van der Waals surface area contributed by atoms with E-state index in [0.29, 0.717) is 18.7 Å². The number of carbonyl (C=O) groups is 1. The van der Waals surface area contributed by atoms with Gasteiger partial charge in [0.2, 0.25) is 5.91 Å². The van der Waals surface area contributed by atoms with E-state index in [9.17, 15) is 15.0 Å². The molecule has 1 amide bonds. The fourth-order valence-corrected chi connectivity index (χ4v) is 2.40. The minimum Gasteiger partial charge on any atom is -0.507 e. The van der Waals surface area contributed by atoms with Crippen molar-refractivity contribution in [3.8, 4) is 5.75 Å². The maximum absolute atomic E-state index is 11.9. The van der Waals surface area contributed by atoms with Crippen molar-refractivity contribution >= 4 is 11.6 Å². The molecule has 3 N–H and O–H groups in total. The van der Waals surface area contributed by atoms with Gasteiger partial charge in [-0.25, -0.2) is 0 Å². The lowest BCUT2D eigenvalue weighted by Crippen LogP contribution is -2.62. The molecule has 19 heavy (non-hydrogen) atoms. The van der Waals surface area contributed by atoms with E-state index in [4.69, 9.17) is 0 Å². The Morgan fingerprint density at radius 3 is 2.68 bits per heavy atom. The number of phenols is 1. The summed E-state index contributed by atoms with van der Waals surface area (Å²) in [5.74, 6) is 0.0205. The van der Waals surface area contributed by atoms with E-state index in [-0.39, 0.29) is 11.7 Å². The number of nitrogens with one attached hydrogen (secondary N) is 1. The Morgan fingerprint density at radius 1 is 1.42 bits per heavy atom. The van der Waals surface area contributed by atoms with Crippen LogP contribution in [0.4, 0.5) is 5.69 Å². The summed E-state index contributed by atoms with van der Waals surface area (Å²) < 4.78 is 0. The Balaban J connectivity index is 2.36. The molecular formula is C14H20N2O3. The summed E-state index contributed by atoms with van der Waals surface area (Å²) in [5.41, 5.74) is 0.613. The molecule has 2 rings (SSSR count). The van der Waals surface area contributed by atoms with Gasteiger partial charge in [-0.1, -0.05) is 6.07 Å². The molecule has 1 fully saturated rings. The number of amides is 1. The molecule has 1 unspecified atom stereocenters. The zero-order valence-corrected chi connectivity index (χ0v) is 11.5. The first-order valence-electron chi connectivity index (χ1n) is 6.41. The first-order valence-corrected chi connectivity index (χ1v) is 6.41. The summed E-state index contributed by atoms with van der Waals surface area (Å²) in [5, 5.41) is 22.3. The topological polar surface area (TPSA) is 72.8 Å². The number of nitrogens with zero attached hydrogens (tertiary/aromatic N) is 1. The molecule has 0 spiro atoms. The van der Waals surface area contributed by atoms with Crippen molar-refractivity contribution in [2.24, 2.45) is 0 Å². The number of aromatic hydroxyl groups is 1. The monoisotopic (exact) mass is 264 g/mol. The third-order valence-corrected chi connectivity index (χ3v) is 3.63. The van der Waals surface area contributed by atoms with Gasteiger partial charge in [0.15, 0.2) is 0 Å². The number of rotatable bonds is 2. The van der Waals surface area contributed by atoms with E-state index in [0.717, 1.165) is 5.69 Å². The molecule has 1 aromatic rings. The SMILES string of the molecule is CC(O)c1ccc(N2CCNC(=O)C2(C)C)cc1O. The average molecular weight is 264 g/mol. The van der Waals surface area contributed by atoms with Gasteiger partial charge in [-0.2, -0.15) is 0 Å². The number of carbonyl (C=O) groups excluding carboxylic acids is 1. The van der Waals surface area contributed by atoms with Gasteiger partial charge in [0, 0.05) is 30.4 Å². The first-order chi connectivity index (χ1) is 8.84. The van der Waals surface area contributed by atoms with E-state index in [1.807, 2.05) is 24.8 Å². The molecule has 1 aliphatic rings. The van der Waals surface area contributed by atoms with Crippen molar-refractivity contribution in [1.82, 2.24) is 5.32 Å². The Kier molecular flexibility index (Phi) is 3.41. The molecule has 1 aromatic carbocycles. The highest BCUT2D eigenvalue weighted by Crippen LogP contribution is 2.32. The molecule has 0 saturated carbocycles. The molecular weight excluding hydrogens is 244 g/mol. The van der Waals surface area contributed by atoms with Crippen molar-refractivity contribution in [2.45, 2.75) is 32.4 Å². The number of aliphatic hydroxyl groups is 1. The van der Waals surface area contributed by atoms with Crippen molar-refractivity contribution in [1.29, 1.82) is 0 Å². The van der Waals surface area contributed by atoms with E-state index >= 15 is 0 Å². The van der Waals surface area contributed by atoms with Crippen LogP contribution in [0.15, 0.2) is 18.2 Å². The summed E-state index contributed by atoms with van der Waals surface area (Å²) in [4.78, 5) is 13.9. The fourth-order valence-electron chi connectivity index (χ4n) is 2.40. The van der Waals surface area contributed by atoms with Gasteiger partial charge in [-0.05, 0) is 26.8 Å². The Bertz CT molecular complexity index is 497. The zero-order valence-electron chi connectivity index (χ0n) is 11.5. The maximum atomic E-state index is 11.9. The van der Waals surface area contributed by atoms with Gasteiger partial charge in [0.25, 0.3) is 0 Å². The van der Waals surface area contributed by atoms with Gasteiger partial charge in [-0.3, -0.25) is 4.79 Å². The molecule has 0 aliphatic carbocycles. The van der Waals surface area contributed by atoms with E-state index < -0.39 is 11.6 Å². The summed E-state index contributed by atoms with van der Waals surface area (Å²) in [7, 11) is 0. The highest BCUT2D eigenvalue weighted by molar-refractivity contribution is 5.90. The van der Waals surface area contributed by atoms with E-state index in [2.05, 4.69) is 5.32 Å². The van der Waals surface area contributed by atoms with Gasteiger partial charge in [0.05, 0.1) is 6.10 Å². The van der Waals surface area contributed by atoms with Crippen LogP contribution in [0.5, 0.6) is 5.75 Å². The second-order valence-electron chi connectivity index (χ2n) is 5.39. The molecule has 0 aromatic heterocycles. The third kappa shape index (κ3) is 2.38. The van der Waals surface area contributed by atoms with Gasteiger partial charge < -0.3 is 20.4 Å². The lowest BCUT2D eigenvalue weighted by Gasteiger charge is -2.43. The highest BCUT2D eigenvalue weighted by atomic mass is 16.3. The maximum Gasteiger partial charge on any atom is 0.245 e. The number of anilines is 1. The molecule has 1 atom stereocenters. The smallest absolute Gasteiger partial charge is 0.245 e. The van der Waals surface area contributed by atoms with Crippen LogP contribution in [0.3, 0.4) is 0 Å². The predicted molar refractivity (Wildman–Crippen MR) is 73.2 cm³/mol. The Morgan fingerprint density at radius 2 is 2.11 bits per heavy atom. The van der Waals surface area contributed by atoms with Gasteiger partial charge in [-0.15, -0.1) is 0 Å². The lowest BCUT2D eigenvalue weighted by molar-refractivity contribution is -0.126. The molecule has 1 saturated heterocycles. The molecule has 104 valence electrons. The number of piperazine rings is 1. The average Bonchev–Trinajstić information content (AvgIpc) is 2.32. The summed E-state index contributed by atoms with van der Waals surface area (Å²) in [6.45, 7) is 6.57. The zero-order chi connectivity index (χ0) is 14.2. The fraction of sp³-hybridized carbons (Fsp3) is 0.500. The predicted octanol–water partition coefficient (Wildman–Crippen LogP) is 1.16. The first kappa shape index (κ1) is 13.7. The van der Waals surface area contributed by atoms with Crippen molar-refractivity contribution < 1.29 is 15.0 Å². The molecule has 1 heterocycles. The minimum absolute atomic E-state index is 0.0298. The van der Waals surface area contributed by atoms with Gasteiger partial charge >= 0.3 is 0 Å². The van der Waals surface area contributed by atoms with E-state index in [1.165, 1.54) is 0 Å². The Labute approximate surface area is 112 Å². The normalized spacial score (nSPS) is 20.0. The van der Waals surface area contributed by atoms with E-state index in [1.54, 1.807) is 19.1 Å². The van der Waals surface area contributed by atoms with Crippen molar-refractivity contribution in [3.63, 3.8) is 0 Å². The van der Waals surface area contributed by atoms with Crippen molar-refractivity contribution in [3.05, 3.63) is 23.8 Å². The van der Waals surface area contributed by atoms with Crippen LogP contribution < -0.4 is 10.2 Å². The third-order valence-electron chi connectivity index (χ3n) is 3.63. The van der Waals surface area contributed by atoms with Crippen LogP contribution in [0.25, 0.3) is 0 Å². The van der Waals surface area contributed by atoms with Crippen molar-refractivity contribution in [2.75, 3.05) is 18.0 Å². The summed E-state index contributed by atoms with van der Waals surface area (Å²) >= 11 is 0. The van der Waals surface area contributed by atoms with Crippen LogP contribution in [-0.4, -0.2) is 34.7 Å². The number of aliphatic hydroxyl groups excluding tert-OH is 1. The van der Waals surface area contributed by atoms with Crippen LogP contribution in [0, 0.1) is 0 Å². The van der Waals surface area contributed by atoms with Crippen LogP contribution in [-0.2, 0) is 4.79 Å². The minimum atomic E-state index is -0.716. The van der Waals surface area contributed by atoms with Gasteiger partial charge in [0.1, 0.15) is 11.3 Å². The molecule has 5 heteroatoms. The molecule has 0 radical (unpaired) electrons. The van der Waals surface area contributed by atoms with Crippen LogP contribution in [0.1, 0.15) is 32.4 Å². The lowest BCUT2D eigenvalue weighted by atomic mass is 9.97. The number of benzene rings is 1. The number of hydrogen-bond acceptors (Lipinski definition) is 4. The highest BCUT2D eigenvalue weighted by Gasteiger charge is 2.37. The summed E-state index contributed by atoms with van der Waals surface area (Å²) in [6.07, 6.45) is -0.716. The quantitative estimate of drug-likeness (QED) is 0.749. The number of phenolic OH excluding ortho intramolecular Hbond substituents is 1. The second-order valence-corrected chi connectivity index (χ2v) is 5.39. The number of hydrogen-bond donors (Lipinski definition) is 3.